The normalized spacial score (nSPS) is 12.5. The van der Waals surface area contributed by atoms with Crippen LogP contribution in [0, 0.1) is 0 Å². The molecule has 7 nitrogen and oxygen atoms in total. The Balaban J connectivity index is 1.91. The van der Waals surface area contributed by atoms with Gasteiger partial charge in [0.1, 0.15) is 0 Å². The van der Waals surface area contributed by atoms with Gasteiger partial charge in [-0.1, -0.05) is 18.2 Å². The summed E-state index contributed by atoms with van der Waals surface area (Å²) in [6, 6.07) is 16.9. The molecule has 0 aliphatic rings. The lowest BCUT2D eigenvalue weighted by molar-refractivity contribution is 0.606. The molecule has 0 saturated carbocycles. The highest BCUT2D eigenvalue weighted by atomic mass is 32.2. The van der Waals surface area contributed by atoms with E-state index in [1.54, 1.807) is 36.9 Å². The first kappa shape index (κ1) is 20.6. The fourth-order valence-corrected chi connectivity index (χ4v) is 4.20. The minimum atomic E-state index is -3.42. The molecule has 4 heterocycles. The highest BCUT2D eigenvalue weighted by molar-refractivity contribution is 7.92. The maximum atomic E-state index is 11.8. The molecular weight excluding hydrogens is 410 g/mol. The molecule has 0 aliphatic carbocycles. The minimum Gasteiger partial charge on any atom is -0.284 e. The van der Waals surface area contributed by atoms with E-state index in [0.29, 0.717) is 11.4 Å². The number of pyridine rings is 4. The van der Waals surface area contributed by atoms with Crippen LogP contribution in [0.2, 0.25) is 0 Å². The van der Waals surface area contributed by atoms with Gasteiger partial charge in [-0.2, -0.15) is 0 Å². The molecule has 0 saturated heterocycles. The minimum absolute atomic E-state index is 0.182. The van der Waals surface area contributed by atoms with Crippen molar-refractivity contribution in [3.05, 3.63) is 114 Å². The number of aromatic nitrogens is 4. The van der Waals surface area contributed by atoms with E-state index >= 15 is 0 Å². The Morgan fingerprint density at radius 1 is 0.742 bits per heavy atom. The lowest BCUT2D eigenvalue weighted by Gasteiger charge is -2.27. The predicted octanol–water partition coefficient (Wildman–Crippen LogP) is 3.60. The Morgan fingerprint density at radius 3 is 1.97 bits per heavy atom. The number of nitrogens with zero attached hydrogens (tertiary/aromatic N) is 4. The molecule has 0 aliphatic heterocycles. The Labute approximate surface area is 181 Å². The van der Waals surface area contributed by atoms with Gasteiger partial charge in [0.15, 0.2) is 0 Å². The van der Waals surface area contributed by atoms with Gasteiger partial charge >= 0.3 is 0 Å². The van der Waals surface area contributed by atoms with Crippen LogP contribution in [-0.2, 0) is 10.0 Å². The zero-order valence-electron chi connectivity index (χ0n) is 16.8. The number of nitrogens with one attached hydrogen (secondary N) is 1. The topological polar surface area (TPSA) is 97.7 Å². The first-order valence-electron chi connectivity index (χ1n) is 9.66. The monoisotopic (exact) mass is 431 g/mol. The summed E-state index contributed by atoms with van der Waals surface area (Å²) in [6.07, 6.45) is 11.6. The van der Waals surface area contributed by atoms with Gasteiger partial charge in [-0.25, -0.2) is 8.42 Å². The van der Waals surface area contributed by atoms with Crippen molar-refractivity contribution in [2.24, 2.45) is 0 Å². The van der Waals surface area contributed by atoms with Crippen LogP contribution in [0.4, 0.5) is 5.69 Å². The quantitative estimate of drug-likeness (QED) is 0.480. The lowest BCUT2D eigenvalue weighted by atomic mass is 9.78. The molecule has 0 bridgehead atoms. The third kappa shape index (κ3) is 5.10. The molecule has 4 aromatic rings. The average Bonchev–Trinajstić information content (AvgIpc) is 2.78. The Morgan fingerprint density at radius 2 is 1.42 bits per heavy atom. The second-order valence-corrected chi connectivity index (χ2v) is 8.87. The van der Waals surface area contributed by atoms with Crippen LogP contribution in [0.1, 0.15) is 34.4 Å². The molecule has 0 spiro atoms. The van der Waals surface area contributed by atoms with Gasteiger partial charge in [-0.3, -0.25) is 24.7 Å². The van der Waals surface area contributed by atoms with Gasteiger partial charge in [0.05, 0.1) is 29.2 Å². The average molecular weight is 432 g/mol. The predicted molar refractivity (Wildman–Crippen MR) is 119 cm³/mol. The molecule has 156 valence electrons. The fraction of sp³-hybridized carbons (Fsp3) is 0.130. The maximum Gasteiger partial charge on any atom is 0.229 e. The van der Waals surface area contributed by atoms with Gasteiger partial charge in [-0.15, -0.1) is 0 Å². The van der Waals surface area contributed by atoms with E-state index in [4.69, 9.17) is 0 Å². The van der Waals surface area contributed by atoms with Gasteiger partial charge in [0, 0.05) is 43.1 Å². The van der Waals surface area contributed by atoms with E-state index in [1.807, 2.05) is 54.9 Å². The van der Waals surface area contributed by atoms with Crippen molar-refractivity contribution in [3.8, 4) is 0 Å². The molecule has 0 amide bonds. The third-order valence-electron chi connectivity index (χ3n) is 4.83. The van der Waals surface area contributed by atoms with E-state index in [0.717, 1.165) is 23.1 Å². The van der Waals surface area contributed by atoms with Gasteiger partial charge in [0.25, 0.3) is 0 Å². The molecular formula is C23H21N5O2S. The van der Waals surface area contributed by atoms with Crippen LogP contribution in [0.25, 0.3) is 0 Å². The molecule has 4 rings (SSSR count). The molecule has 4 aromatic heterocycles. The summed E-state index contributed by atoms with van der Waals surface area (Å²) in [5, 5.41) is 0. The van der Waals surface area contributed by atoms with E-state index in [-0.39, 0.29) is 11.8 Å². The van der Waals surface area contributed by atoms with E-state index in [1.165, 1.54) is 0 Å². The lowest BCUT2D eigenvalue weighted by Crippen LogP contribution is -2.18. The fourth-order valence-electron chi connectivity index (χ4n) is 3.65. The first-order chi connectivity index (χ1) is 15.0. The number of hydrogen-bond acceptors (Lipinski definition) is 6. The molecule has 8 heteroatoms. The largest absolute Gasteiger partial charge is 0.284 e. The summed E-state index contributed by atoms with van der Waals surface area (Å²) in [6.45, 7) is 0. The second-order valence-electron chi connectivity index (χ2n) is 7.13. The summed E-state index contributed by atoms with van der Waals surface area (Å²) in [5.41, 5.74) is 3.91. The van der Waals surface area contributed by atoms with E-state index < -0.39 is 10.0 Å². The zero-order chi connectivity index (χ0) is 21.7. The van der Waals surface area contributed by atoms with Gasteiger partial charge in [-0.05, 0) is 47.5 Å². The molecule has 1 atom stereocenters. The third-order valence-corrected chi connectivity index (χ3v) is 5.44. The molecule has 31 heavy (non-hydrogen) atoms. The molecule has 0 radical (unpaired) electrons. The highest BCUT2D eigenvalue weighted by Gasteiger charge is 2.31. The standard InChI is InChI=1S/C23H21N5O2S/c1-31(29,30)28-19-9-13-27-21(14-19)23(20-8-2-3-12-26-20)22(17-6-4-10-24-15-17)18-7-5-11-25-16-18/h2-16,22-23H,1H3,(H,27,28). The first-order valence-corrected chi connectivity index (χ1v) is 11.5. The summed E-state index contributed by atoms with van der Waals surface area (Å²) in [5.74, 6) is -0.478. The number of anilines is 1. The van der Waals surface area contributed by atoms with Crippen molar-refractivity contribution in [3.63, 3.8) is 0 Å². The van der Waals surface area contributed by atoms with Crippen molar-refractivity contribution in [2.45, 2.75) is 11.8 Å². The summed E-state index contributed by atoms with van der Waals surface area (Å²) in [4.78, 5) is 17.8. The van der Waals surface area contributed by atoms with Gasteiger partial charge < -0.3 is 0 Å². The molecule has 0 aromatic carbocycles. The molecule has 1 N–H and O–H groups in total. The van der Waals surface area contributed by atoms with Crippen LogP contribution >= 0.6 is 0 Å². The SMILES string of the molecule is CS(=O)(=O)Nc1ccnc(C(c2ccccn2)C(c2cccnc2)c2cccnc2)c1. The van der Waals surface area contributed by atoms with Crippen molar-refractivity contribution in [1.82, 2.24) is 19.9 Å². The van der Waals surface area contributed by atoms with Crippen molar-refractivity contribution < 1.29 is 8.42 Å². The zero-order valence-corrected chi connectivity index (χ0v) is 17.6. The Bertz CT molecular complexity index is 1200. The summed E-state index contributed by atoms with van der Waals surface area (Å²) < 4.78 is 26.1. The van der Waals surface area contributed by atoms with Crippen LogP contribution in [0.3, 0.4) is 0 Å². The van der Waals surface area contributed by atoms with Crippen LogP contribution in [0.15, 0.2) is 91.8 Å². The van der Waals surface area contributed by atoms with Crippen LogP contribution < -0.4 is 4.72 Å². The van der Waals surface area contributed by atoms with Crippen molar-refractivity contribution in [1.29, 1.82) is 0 Å². The van der Waals surface area contributed by atoms with Gasteiger partial charge in [0.2, 0.25) is 10.0 Å². The number of sulfonamides is 1. The number of rotatable bonds is 7. The Hall–Kier alpha value is -3.65. The molecule has 0 fully saturated rings. The maximum absolute atomic E-state index is 11.8. The molecule has 1 unspecified atom stereocenters. The van der Waals surface area contributed by atoms with Crippen LogP contribution in [-0.4, -0.2) is 34.6 Å². The van der Waals surface area contributed by atoms with E-state index in [9.17, 15) is 8.42 Å². The summed E-state index contributed by atoms with van der Waals surface area (Å²) >= 11 is 0. The summed E-state index contributed by atoms with van der Waals surface area (Å²) in [7, 11) is -3.42. The highest BCUT2D eigenvalue weighted by Crippen LogP contribution is 2.41. The van der Waals surface area contributed by atoms with E-state index in [2.05, 4.69) is 24.7 Å². The van der Waals surface area contributed by atoms with Crippen molar-refractivity contribution >= 4 is 15.7 Å². The number of hydrogen-bond donors (Lipinski definition) is 1. The smallest absolute Gasteiger partial charge is 0.229 e. The Kier molecular flexibility index (Phi) is 5.99. The second kappa shape index (κ2) is 9.01. The van der Waals surface area contributed by atoms with Crippen LogP contribution in [0.5, 0.6) is 0 Å². The van der Waals surface area contributed by atoms with Crippen molar-refractivity contribution in [2.75, 3.05) is 11.0 Å².